The second-order valence-corrected chi connectivity index (χ2v) is 5.57. The van der Waals surface area contributed by atoms with Gasteiger partial charge in [-0.05, 0) is 29.9 Å². The van der Waals surface area contributed by atoms with Gasteiger partial charge in [-0.3, -0.25) is 14.5 Å². The van der Waals surface area contributed by atoms with Gasteiger partial charge in [0.25, 0.3) is 0 Å². The fourth-order valence-electron chi connectivity index (χ4n) is 2.66. The van der Waals surface area contributed by atoms with Gasteiger partial charge in [-0.1, -0.05) is 44.5 Å². The molecule has 0 saturated heterocycles. The van der Waals surface area contributed by atoms with Crippen LogP contribution in [0.25, 0.3) is 0 Å². The first-order valence-corrected chi connectivity index (χ1v) is 7.71. The van der Waals surface area contributed by atoms with Crippen molar-refractivity contribution in [1.82, 2.24) is 4.90 Å². The van der Waals surface area contributed by atoms with Crippen molar-refractivity contribution in [2.24, 2.45) is 0 Å². The highest BCUT2D eigenvalue weighted by Crippen LogP contribution is 2.25. The Bertz CT molecular complexity index is 468. The third kappa shape index (κ3) is 6.26. The molecule has 122 valence electrons. The van der Waals surface area contributed by atoms with Crippen molar-refractivity contribution >= 4 is 11.9 Å². The van der Waals surface area contributed by atoms with Crippen LogP contribution in [-0.4, -0.2) is 40.1 Å². The number of carboxylic acid groups (broad SMARTS) is 2. The normalized spacial score (nSPS) is 12.3. The molecule has 0 saturated carbocycles. The zero-order valence-corrected chi connectivity index (χ0v) is 13.3. The standard InChI is InChI=1S/C17H25NO4/c1-3-5-14(4-2)15-8-6-13(7-9-15)10-18(11-16(19)20)12-17(21)22/h6-9,14H,3-5,10-12H2,1-2H3,(H,19,20)(H,21,22). The minimum atomic E-state index is -1.02. The van der Waals surface area contributed by atoms with Crippen LogP contribution in [0.4, 0.5) is 0 Å². The SMILES string of the molecule is CCCC(CC)c1ccc(CN(CC(=O)O)CC(=O)O)cc1. The highest BCUT2D eigenvalue weighted by atomic mass is 16.4. The zero-order valence-electron chi connectivity index (χ0n) is 13.3. The van der Waals surface area contributed by atoms with Gasteiger partial charge in [0.15, 0.2) is 0 Å². The molecule has 1 rings (SSSR count). The maximum absolute atomic E-state index is 10.8. The molecule has 5 nitrogen and oxygen atoms in total. The third-order valence-electron chi connectivity index (χ3n) is 3.70. The van der Waals surface area contributed by atoms with E-state index in [1.54, 1.807) is 0 Å². The summed E-state index contributed by atoms with van der Waals surface area (Å²) in [6.45, 7) is 4.12. The summed E-state index contributed by atoms with van der Waals surface area (Å²) in [4.78, 5) is 23.0. The third-order valence-corrected chi connectivity index (χ3v) is 3.70. The van der Waals surface area contributed by atoms with Gasteiger partial charge in [0, 0.05) is 6.54 Å². The summed E-state index contributed by atoms with van der Waals surface area (Å²) in [5, 5.41) is 17.7. The Balaban J connectivity index is 2.75. The van der Waals surface area contributed by atoms with Gasteiger partial charge in [0.05, 0.1) is 13.1 Å². The lowest BCUT2D eigenvalue weighted by atomic mass is 9.91. The van der Waals surface area contributed by atoms with Crippen LogP contribution in [0.1, 0.15) is 50.2 Å². The lowest BCUT2D eigenvalue weighted by Crippen LogP contribution is -2.33. The maximum Gasteiger partial charge on any atom is 0.317 e. The lowest BCUT2D eigenvalue weighted by Gasteiger charge is -2.19. The Hall–Kier alpha value is -1.88. The number of nitrogens with zero attached hydrogens (tertiary/aromatic N) is 1. The summed E-state index contributed by atoms with van der Waals surface area (Å²) in [6, 6.07) is 8.06. The molecule has 1 atom stereocenters. The molecule has 0 aliphatic rings. The molecule has 22 heavy (non-hydrogen) atoms. The fraction of sp³-hybridized carbons (Fsp3) is 0.529. The molecule has 1 aromatic rings. The molecule has 0 aromatic heterocycles. The number of carbonyl (C=O) groups is 2. The average Bonchev–Trinajstić information content (AvgIpc) is 2.44. The summed E-state index contributed by atoms with van der Waals surface area (Å²) in [5.41, 5.74) is 2.22. The molecule has 1 aromatic carbocycles. The summed E-state index contributed by atoms with van der Waals surface area (Å²) in [7, 11) is 0. The van der Waals surface area contributed by atoms with Crippen LogP contribution in [0.5, 0.6) is 0 Å². The van der Waals surface area contributed by atoms with Crippen molar-refractivity contribution in [1.29, 1.82) is 0 Å². The molecule has 1 unspecified atom stereocenters. The average molecular weight is 307 g/mol. The van der Waals surface area contributed by atoms with E-state index in [1.165, 1.54) is 10.5 Å². The van der Waals surface area contributed by atoms with Crippen LogP contribution in [0.15, 0.2) is 24.3 Å². The van der Waals surface area contributed by atoms with Crippen molar-refractivity contribution in [3.63, 3.8) is 0 Å². The Morgan fingerprint density at radius 1 is 1.05 bits per heavy atom. The van der Waals surface area contributed by atoms with Gasteiger partial charge in [0.2, 0.25) is 0 Å². The van der Waals surface area contributed by atoms with Crippen LogP contribution in [-0.2, 0) is 16.1 Å². The van der Waals surface area contributed by atoms with Crippen LogP contribution < -0.4 is 0 Å². The second-order valence-electron chi connectivity index (χ2n) is 5.57. The number of rotatable bonds is 10. The zero-order chi connectivity index (χ0) is 16.5. The summed E-state index contributed by atoms with van der Waals surface area (Å²) >= 11 is 0. The van der Waals surface area contributed by atoms with Crippen molar-refractivity contribution in [2.45, 2.75) is 45.6 Å². The number of carboxylic acids is 2. The van der Waals surface area contributed by atoms with E-state index in [-0.39, 0.29) is 13.1 Å². The Kier molecular flexibility index (Phi) is 7.60. The van der Waals surface area contributed by atoms with Gasteiger partial charge >= 0.3 is 11.9 Å². The highest BCUT2D eigenvalue weighted by Gasteiger charge is 2.14. The monoisotopic (exact) mass is 307 g/mol. The first kappa shape index (κ1) is 18.2. The quantitative estimate of drug-likeness (QED) is 0.695. The van der Waals surface area contributed by atoms with Gasteiger partial charge < -0.3 is 10.2 Å². The van der Waals surface area contributed by atoms with Crippen LogP contribution in [0.2, 0.25) is 0 Å². The van der Waals surface area contributed by atoms with E-state index >= 15 is 0 Å². The Labute approximate surface area is 131 Å². The van der Waals surface area contributed by atoms with E-state index < -0.39 is 11.9 Å². The molecule has 5 heteroatoms. The van der Waals surface area contributed by atoms with Crippen molar-refractivity contribution in [3.05, 3.63) is 35.4 Å². The fourth-order valence-corrected chi connectivity index (χ4v) is 2.66. The first-order valence-electron chi connectivity index (χ1n) is 7.71. The molecule has 2 N–H and O–H groups in total. The second kappa shape index (κ2) is 9.20. The van der Waals surface area contributed by atoms with Gasteiger partial charge in [-0.15, -0.1) is 0 Å². The van der Waals surface area contributed by atoms with E-state index in [0.29, 0.717) is 12.5 Å². The predicted molar refractivity (Wildman–Crippen MR) is 84.9 cm³/mol. The largest absolute Gasteiger partial charge is 0.480 e. The van der Waals surface area contributed by atoms with Crippen LogP contribution in [0.3, 0.4) is 0 Å². The molecule has 0 aliphatic carbocycles. The smallest absolute Gasteiger partial charge is 0.317 e. The maximum atomic E-state index is 10.8. The van der Waals surface area contributed by atoms with Gasteiger partial charge in [0.1, 0.15) is 0 Å². The summed E-state index contributed by atoms with van der Waals surface area (Å²) in [5.74, 6) is -1.49. The van der Waals surface area contributed by atoms with Gasteiger partial charge in [-0.25, -0.2) is 0 Å². The van der Waals surface area contributed by atoms with Crippen molar-refractivity contribution in [3.8, 4) is 0 Å². The van der Waals surface area contributed by atoms with Crippen LogP contribution in [0, 0.1) is 0 Å². The topological polar surface area (TPSA) is 77.8 Å². The van der Waals surface area contributed by atoms with Crippen LogP contribution >= 0.6 is 0 Å². The number of benzene rings is 1. The lowest BCUT2D eigenvalue weighted by molar-refractivity contribution is -0.142. The minimum Gasteiger partial charge on any atom is -0.480 e. The molecule has 0 amide bonds. The molecular weight excluding hydrogens is 282 g/mol. The van der Waals surface area contributed by atoms with Crippen molar-refractivity contribution < 1.29 is 19.8 Å². The number of hydrogen-bond acceptors (Lipinski definition) is 3. The molecule has 0 spiro atoms. The highest BCUT2D eigenvalue weighted by molar-refractivity contribution is 5.72. The van der Waals surface area contributed by atoms with Gasteiger partial charge in [-0.2, -0.15) is 0 Å². The Morgan fingerprint density at radius 3 is 2.00 bits per heavy atom. The summed E-state index contributed by atoms with van der Waals surface area (Å²) in [6.07, 6.45) is 3.39. The first-order chi connectivity index (χ1) is 10.5. The Morgan fingerprint density at radius 2 is 1.59 bits per heavy atom. The van der Waals surface area contributed by atoms with Crippen molar-refractivity contribution in [2.75, 3.05) is 13.1 Å². The van der Waals surface area contributed by atoms with E-state index in [9.17, 15) is 9.59 Å². The molecule has 0 heterocycles. The minimum absolute atomic E-state index is 0.276. The molecule has 0 bridgehead atoms. The van der Waals surface area contributed by atoms with E-state index in [0.717, 1.165) is 24.8 Å². The van der Waals surface area contributed by atoms with E-state index in [2.05, 4.69) is 26.0 Å². The molecule has 0 fully saturated rings. The number of aliphatic carboxylic acids is 2. The summed E-state index contributed by atoms with van der Waals surface area (Å²) < 4.78 is 0. The number of hydrogen-bond donors (Lipinski definition) is 2. The van der Waals surface area contributed by atoms with E-state index in [4.69, 9.17) is 10.2 Å². The molecular formula is C17H25NO4. The molecule has 0 radical (unpaired) electrons. The van der Waals surface area contributed by atoms with E-state index in [1.807, 2.05) is 12.1 Å². The predicted octanol–water partition coefficient (Wildman–Crippen LogP) is 2.95. The molecule has 0 aliphatic heterocycles.